The van der Waals surface area contributed by atoms with Crippen LogP contribution in [0.15, 0.2) is 18.7 Å². The van der Waals surface area contributed by atoms with Crippen molar-refractivity contribution >= 4 is 0 Å². The summed E-state index contributed by atoms with van der Waals surface area (Å²) in [5.74, 6) is 0. The van der Waals surface area contributed by atoms with Gasteiger partial charge in [-0.05, 0) is 13.8 Å². The molecule has 1 rings (SSSR count). The van der Waals surface area contributed by atoms with Crippen LogP contribution >= 0.6 is 0 Å². The van der Waals surface area contributed by atoms with Crippen molar-refractivity contribution in [2.45, 2.75) is 25.9 Å². The molecule has 4 heteroatoms. The lowest BCUT2D eigenvalue weighted by atomic mass is 10.1. The van der Waals surface area contributed by atoms with Gasteiger partial charge in [0.05, 0.1) is 19.5 Å². The highest BCUT2D eigenvalue weighted by molar-refractivity contribution is 4.74. The minimum atomic E-state index is -0.241. The molecule has 2 N–H and O–H groups in total. The summed E-state index contributed by atoms with van der Waals surface area (Å²) in [6.07, 6.45) is 5.45. The van der Waals surface area contributed by atoms with E-state index in [1.54, 1.807) is 12.5 Å². The van der Waals surface area contributed by atoms with Crippen LogP contribution in [-0.4, -0.2) is 28.3 Å². The van der Waals surface area contributed by atoms with Gasteiger partial charge in [0.2, 0.25) is 0 Å². The molecule has 13 heavy (non-hydrogen) atoms. The van der Waals surface area contributed by atoms with E-state index in [4.69, 9.17) is 10.5 Å². The molecule has 0 aliphatic heterocycles. The third-order valence-corrected chi connectivity index (χ3v) is 1.53. The van der Waals surface area contributed by atoms with Crippen molar-refractivity contribution in [3.63, 3.8) is 0 Å². The molecule has 0 spiro atoms. The van der Waals surface area contributed by atoms with Gasteiger partial charge in [0.25, 0.3) is 0 Å². The number of nitrogens with two attached hydrogens (primary N) is 1. The van der Waals surface area contributed by atoms with Crippen LogP contribution in [0.25, 0.3) is 0 Å². The molecule has 1 aromatic heterocycles. The van der Waals surface area contributed by atoms with E-state index in [-0.39, 0.29) is 5.54 Å². The second-order valence-electron chi connectivity index (χ2n) is 3.84. The zero-order valence-corrected chi connectivity index (χ0v) is 8.23. The van der Waals surface area contributed by atoms with Crippen LogP contribution in [0.5, 0.6) is 0 Å². The van der Waals surface area contributed by atoms with E-state index in [0.717, 1.165) is 6.54 Å². The second-order valence-corrected chi connectivity index (χ2v) is 3.84. The van der Waals surface area contributed by atoms with Gasteiger partial charge >= 0.3 is 0 Å². The van der Waals surface area contributed by atoms with Gasteiger partial charge in [0.15, 0.2) is 0 Å². The molecule has 0 saturated heterocycles. The SMILES string of the molecule is CC(C)(N)COCCn1ccnc1. The first-order valence-corrected chi connectivity index (χ1v) is 4.40. The summed E-state index contributed by atoms with van der Waals surface area (Å²) in [5.41, 5.74) is 5.51. The quantitative estimate of drug-likeness (QED) is 0.681. The van der Waals surface area contributed by atoms with Crippen molar-refractivity contribution in [2.24, 2.45) is 5.73 Å². The first-order chi connectivity index (χ1) is 6.08. The van der Waals surface area contributed by atoms with Crippen molar-refractivity contribution < 1.29 is 4.74 Å². The molecule has 0 fully saturated rings. The van der Waals surface area contributed by atoms with E-state index in [9.17, 15) is 0 Å². The van der Waals surface area contributed by atoms with E-state index >= 15 is 0 Å². The summed E-state index contributed by atoms with van der Waals surface area (Å²) in [5, 5.41) is 0. The maximum atomic E-state index is 5.75. The Balaban J connectivity index is 2.09. The van der Waals surface area contributed by atoms with Gasteiger partial charge < -0.3 is 15.0 Å². The Morgan fingerprint density at radius 3 is 2.85 bits per heavy atom. The second kappa shape index (κ2) is 4.39. The predicted octanol–water partition coefficient (Wildman–Crippen LogP) is 0.637. The number of ether oxygens (including phenoxy) is 1. The number of imidazole rings is 1. The molecule has 74 valence electrons. The minimum Gasteiger partial charge on any atom is -0.378 e. The Kier molecular flexibility index (Phi) is 3.45. The summed E-state index contributed by atoms with van der Waals surface area (Å²) in [6, 6.07) is 0. The Bertz CT molecular complexity index is 226. The molecular formula is C9H17N3O. The molecule has 0 atom stereocenters. The van der Waals surface area contributed by atoms with E-state index in [1.807, 2.05) is 24.6 Å². The summed E-state index contributed by atoms with van der Waals surface area (Å²) in [6.45, 7) is 5.99. The molecule has 0 aromatic carbocycles. The van der Waals surface area contributed by atoms with Crippen LogP contribution in [0.4, 0.5) is 0 Å². The van der Waals surface area contributed by atoms with Crippen molar-refractivity contribution in [1.82, 2.24) is 9.55 Å². The molecule has 0 saturated carbocycles. The van der Waals surface area contributed by atoms with Crippen molar-refractivity contribution in [3.8, 4) is 0 Å². The molecule has 0 unspecified atom stereocenters. The lowest BCUT2D eigenvalue weighted by Crippen LogP contribution is -2.37. The molecule has 0 amide bonds. The van der Waals surface area contributed by atoms with Gasteiger partial charge in [-0.15, -0.1) is 0 Å². The Labute approximate surface area is 78.7 Å². The van der Waals surface area contributed by atoms with Crippen LogP contribution in [0.3, 0.4) is 0 Å². The van der Waals surface area contributed by atoms with E-state index in [0.29, 0.717) is 13.2 Å². The molecule has 1 aromatic rings. The van der Waals surface area contributed by atoms with E-state index < -0.39 is 0 Å². The van der Waals surface area contributed by atoms with Gasteiger partial charge in [-0.1, -0.05) is 0 Å². The number of aromatic nitrogens is 2. The summed E-state index contributed by atoms with van der Waals surface area (Å²) >= 11 is 0. The Morgan fingerprint density at radius 2 is 2.31 bits per heavy atom. The molecular weight excluding hydrogens is 166 g/mol. The van der Waals surface area contributed by atoms with Crippen molar-refractivity contribution in [2.75, 3.05) is 13.2 Å². The zero-order valence-electron chi connectivity index (χ0n) is 8.23. The van der Waals surface area contributed by atoms with Crippen LogP contribution in [0.2, 0.25) is 0 Å². The fraction of sp³-hybridized carbons (Fsp3) is 0.667. The van der Waals surface area contributed by atoms with E-state index in [2.05, 4.69) is 4.98 Å². The largest absolute Gasteiger partial charge is 0.378 e. The van der Waals surface area contributed by atoms with Gasteiger partial charge in [-0.3, -0.25) is 0 Å². The normalized spacial score (nSPS) is 11.9. The molecule has 0 bridgehead atoms. The molecule has 0 radical (unpaired) electrons. The third-order valence-electron chi connectivity index (χ3n) is 1.53. The first-order valence-electron chi connectivity index (χ1n) is 4.40. The summed E-state index contributed by atoms with van der Waals surface area (Å²) in [4.78, 5) is 3.93. The number of hydrogen-bond acceptors (Lipinski definition) is 3. The fourth-order valence-electron chi connectivity index (χ4n) is 0.924. The predicted molar refractivity (Wildman–Crippen MR) is 51.3 cm³/mol. The zero-order chi connectivity index (χ0) is 9.73. The third kappa shape index (κ3) is 4.65. The van der Waals surface area contributed by atoms with Gasteiger partial charge in [-0.2, -0.15) is 0 Å². The molecule has 4 nitrogen and oxygen atoms in total. The maximum Gasteiger partial charge on any atom is 0.0946 e. The van der Waals surface area contributed by atoms with Crippen LogP contribution < -0.4 is 5.73 Å². The fourth-order valence-corrected chi connectivity index (χ4v) is 0.924. The monoisotopic (exact) mass is 183 g/mol. The lowest BCUT2D eigenvalue weighted by Gasteiger charge is -2.18. The van der Waals surface area contributed by atoms with Gasteiger partial charge in [0.1, 0.15) is 0 Å². The smallest absolute Gasteiger partial charge is 0.0946 e. The summed E-state index contributed by atoms with van der Waals surface area (Å²) in [7, 11) is 0. The highest BCUT2D eigenvalue weighted by Crippen LogP contribution is 1.97. The first kappa shape index (κ1) is 10.2. The van der Waals surface area contributed by atoms with Gasteiger partial charge in [0, 0.05) is 24.5 Å². The van der Waals surface area contributed by atoms with E-state index in [1.165, 1.54) is 0 Å². The minimum absolute atomic E-state index is 0.241. The Hall–Kier alpha value is -0.870. The lowest BCUT2D eigenvalue weighted by molar-refractivity contribution is 0.0911. The van der Waals surface area contributed by atoms with Crippen LogP contribution in [0.1, 0.15) is 13.8 Å². The summed E-state index contributed by atoms with van der Waals surface area (Å²) < 4.78 is 7.37. The average Bonchev–Trinajstić information content (AvgIpc) is 2.48. The topological polar surface area (TPSA) is 53.1 Å². The van der Waals surface area contributed by atoms with Crippen molar-refractivity contribution in [1.29, 1.82) is 0 Å². The molecule has 1 heterocycles. The van der Waals surface area contributed by atoms with Gasteiger partial charge in [-0.25, -0.2) is 4.98 Å². The van der Waals surface area contributed by atoms with Crippen LogP contribution in [0, 0.1) is 0 Å². The standard InChI is InChI=1S/C9H17N3O/c1-9(2,10)7-13-6-5-12-4-3-11-8-12/h3-4,8H,5-7,10H2,1-2H3. The Morgan fingerprint density at radius 1 is 1.54 bits per heavy atom. The highest BCUT2D eigenvalue weighted by atomic mass is 16.5. The average molecular weight is 183 g/mol. The van der Waals surface area contributed by atoms with Crippen LogP contribution in [-0.2, 0) is 11.3 Å². The highest BCUT2D eigenvalue weighted by Gasteiger charge is 2.09. The van der Waals surface area contributed by atoms with Crippen molar-refractivity contribution in [3.05, 3.63) is 18.7 Å². The molecule has 0 aliphatic rings. The number of nitrogens with zero attached hydrogens (tertiary/aromatic N) is 2. The number of hydrogen-bond donors (Lipinski definition) is 1. The number of rotatable bonds is 5. The molecule has 0 aliphatic carbocycles. The maximum absolute atomic E-state index is 5.75.